The molecule has 0 spiro atoms. The van der Waals surface area contributed by atoms with Crippen molar-refractivity contribution < 1.29 is 27.4 Å². The van der Waals surface area contributed by atoms with E-state index < -0.39 is 11.7 Å². The number of carbonyl (C=O) groups is 1. The Hall–Kier alpha value is -2.41. The summed E-state index contributed by atoms with van der Waals surface area (Å²) < 4.78 is 49.1. The highest BCUT2D eigenvalue weighted by atomic mass is 19.4. The molecule has 176 valence electrons. The van der Waals surface area contributed by atoms with Gasteiger partial charge in [-0.15, -0.1) is 0 Å². The van der Waals surface area contributed by atoms with Gasteiger partial charge in [0.1, 0.15) is 5.70 Å². The van der Waals surface area contributed by atoms with Crippen LogP contribution in [0.25, 0.3) is 0 Å². The molecular formula is C24H31F3N2O3. The fraction of sp³-hybridized carbons (Fsp3) is 0.542. The molecule has 0 aromatic heterocycles. The van der Waals surface area contributed by atoms with Crippen LogP contribution in [0.15, 0.2) is 58.4 Å². The van der Waals surface area contributed by atoms with Crippen molar-refractivity contribution in [3.63, 3.8) is 0 Å². The Kier molecular flexibility index (Phi) is 10.7. The van der Waals surface area contributed by atoms with E-state index in [9.17, 15) is 18.0 Å². The Morgan fingerprint density at radius 3 is 2.91 bits per heavy atom. The molecule has 0 aliphatic carbocycles. The standard InChI is InChI=1S/C24H31F3N2O3/c1-3-12-29(23(30)11-15-31-14-10-20-18-32-17-19(20)2)13-5-4-8-22-9-6-7-21(16-28-22)24(25,26)27/h4,6-8,16,20H,2-3,5,10-15,17-18H2,1H3/b8-4+/t20-/m0/s1. The monoisotopic (exact) mass is 452 g/mol. The van der Waals surface area contributed by atoms with Gasteiger partial charge in [-0.05, 0) is 43.1 Å². The number of rotatable bonds is 12. The van der Waals surface area contributed by atoms with Crippen molar-refractivity contribution in [3.8, 4) is 0 Å². The number of aliphatic imine (C=N–C) groups is 1. The van der Waals surface area contributed by atoms with Crippen LogP contribution in [0.1, 0.15) is 32.6 Å². The first kappa shape index (κ1) is 25.8. The fourth-order valence-corrected chi connectivity index (χ4v) is 3.25. The first-order chi connectivity index (χ1) is 15.3. The van der Waals surface area contributed by atoms with Gasteiger partial charge in [-0.25, -0.2) is 4.99 Å². The van der Waals surface area contributed by atoms with E-state index in [2.05, 4.69) is 17.3 Å². The van der Waals surface area contributed by atoms with Crippen LogP contribution >= 0.6 is 0 Å². The third-order valence-electron chi connectivity index (χ3n) is 5.11. The van der Waals surface area contributed by atoms with Gasteiger partial charge >= 0.3 is 6.18 Å². The van der Waals surface area contributed by atoms with Crippen molar-refractivity contribution in [3.05, 3.63) is 53.5 Å². The summed E-state index contributed by atoms with van der Waals surface area (Å²) in [5.41, 5.74) is 3.29. The minimum Gasteiger partial charge on any atom is -0.381 e. The lowest BCUT2D eigenvalue weighted by molar-refractivity contribution is -0.132. The molecule has 8 heteroatoms. The molecule has 0 unspecified atom stereocenters. The minimum atomic E-state index is -4.44. The van der Waals surface area contributed by atoms with Crippen molar-refractivity contribution in [2.75, 3.05) is 39.5 Å². The Bertz CT molecular complexity index is 806. The number of alkyl halides is 3. The van der Waals surface area contributed by atoms with Crippen LogP contribution in [-0.2, 0) is 14.3 Å². The van der Waals surface area contributed by atoms with Gasteiger partial charge in [-0.3, -0.25) is 4.79 Å². The van der Waals surface area contributed by atoms with Gasteiger partial charge in [0, 0.05) is 31.8 Å². The number of amides is 1. The first-order valence-electron chi connectivity index (χ1n) is 10.9. The molecule has 0 saturated carbocycles. The number of allylic oxidation sites excluding steroid dienone is 3. The van der Waals surface area contributed by atoms with Crippen molar-refractivity contribution >= 4 is 12.1 Å². The average Bonchev–Trinajstić information content (AvgIpc) is 2.99. The van der Waals surface area contributed by atoms with Gasteiger partial charge in [-0.1, -0.05) is 25.3 Å². The predicted molar refractivity (Wildman–Crippen MR) is 118 cm³/mol. The Labute approximate surface area is 187 Å². The minimum absolute atomic E-state index is 0.0273. The van der Waals surface area contributed by atoms with Crippen LogP contribution < -0.4 is 0 Å². The van der Waals surface area contributed by atoms with Crippen molar-refractivity contribution in [2.45, 2.75) is 38.8 Å². The molecule has 5 nitrogen and oxygen atoms in total. The summed E-state index contributed by atoms with van der Waals surface area (Å²) in [5, 5.41) is 0. The highest BCUT2D eigenvalue weighted by Crippen LogP contribution is 2.25. The Balaban J connectivity index is 1.70. The summed E-state index contributed by atoms with van der Waals surface area (Å²) in [6.07, 6.45) is 4.46. The second-order valence-electron chi connectivity index (χ2n) is 7.67. The summed E-state index contributed by atoms with van der Waals surface area (Å²) in [6.45, 7) is 9.41. The van der Waals surface area contributed by atoms with Crippen LogP contribution in [0, 0.1) is 5.92 Å². The van der Waals surface area contributed by atoms with E-state index in [-0.39, 0.29) is 5.91 Å². The van der Waals surface area contributed by atoms with Crippen LogP contribution in [0.4, 0.5) is 13.2 Å². The highest BCUT2D eigenvalue weighted by Gasteiger charge is 2.32. The zero-order valence-corrected chi connectivity index (χ0v) is 18.5. The molecule has 0 N–H and O–H groups in total. The largest absolute Gasteiger partial charge is 0.417 e. The molecule has 2 aliphatic rings. The van der Waals surface area contributed by atoms with E-state index in [0.29, 0.717) is 64.0 Å². The molecule has 2 heterocycles. The molecule has 1 amide bonds. The van der Waals surface area contributed by atoms with Gasteiger partial charge in [-0.2, -0.15) is 13.2 Å². The number of nitrogens with zero attached hydrogens (tertiary/aromatic N) is 2. The van der Waals surface area contributed by atoms with E-state index >= 15 is 0 Å². The van der Waals surface area contributed by atoms with E-state index in [0.717, 1.165) is 30.7 Å². The highest BCUT2D eigenvalue weighted by molar-refractivity contribution is 5.82. The fourth-order valence-electron chi connectivity index (χ4n) is 3.25. The van der Waals surface area contributed by atoms with Gasteiger partial charge in [0.15, 0.2) is 0 Å². The van der Waals surface area contributed by atoms with Gasteiger partial charge in [0.25, 0.3) is 0 Å². The van der Waals surface area contributed by atoms with Gasteiger partial charge < -0.3 is 14.4 Å². The molecular weight excluding hydrogens is 421 g/mol. The molecule has 32 heavy (non-hydrogen) atoms. The smallest absolute Gasteiger partial charge is 0.381 e. The first-order valence-corrected chi connectivity index (χ1v) is 10.9. The quantitative estimate of drug-likeness (QED) is 0.243. The molecule has 2 rings (SSSR count). The normalized spacial score (nSPS) is 18.8. The van der Waals surface area contributed by atoms with E-state index in [1.54, 1.807) is 17.1 Å². The molecule has 0 aromatic carbocycles. The van der Waals surface area contributed by atoms with Crippen LogP contribution in [-0.4, -0.2) is 62.7 Å². The lowest BCUT2D eigenvalue weighted by Crippen LogP contribution is -2.33. The van der Waals surface area contributed by atoms with Crippen LogP contribution in [0.2, 0.25) is 0 Å². The molecule has 1 atom stereocenters. The summed E-state index contributed by atoms with van der Waals surface area (Å²) in [7, 11) is 0. The molecule has 2 aliphatic heterocycles. The van der Waals surface area contributed by atoms with Crippen LogP contribution in [0.5, 0.6) is 0 Å². The summed E-state index contributed by atoms with van der Waals surface area (Å²) >= 11 is 0. The number of halogens is 3. The molecule has 1 fully saturated rings. The SMILES string of the molecule is C=C1COC[C@@H]1CCOCCC(=O)N(CCC)CC/C=C/C1=C=CC=C(C(F)(F)F)C=N1. The predicted octanol–water partition coefficient (Wildman–Crippen LogP) is 4.78. The molecule has 0 bridgehead atoms. The second kappa shape index (κ2) is 13.2. The lowest BCUT2D eigenvalue weighted by atomic mass is 10.0. The van der Waals surface area contributed by atoms with E-state index in [1.807, 2.05) is 6.92 Å². The van der Waals surface area contributed by atoms with Crippen molar-refractivity contribution in [1.29, 1.82) is 0 Å². The Morgan fingerprint density at radius 1 is 1.41 bits per heavy atom. The third kappa shape index (κ3) is 8.99. The van der Waals surface area contributed by atoms with E-state index in [1.165, 1.54) is 6.08 Å². The number of hydrogen-bond acceptors (Lipinski definition) is 4. The lowest BCUT2D eigenvalue weighted by Gasteiger charge is -2.21. The summed E-state index contributed by atoms with van der Waals surface area (Å²) in [4.78, 5) is 18.1. The maximum Gasteiger partial charge on any atom is 0.417 e. The Morgan fingerprint density at radius 2 is 2.22 bits per heavy atom. The zero-order chi connectivity index (χ0) is 23.4. The summed E-state index contributed by atoms with van der Waals surface area (Å²) in [6, 6.07) is 0. The average molecular weight is 453 g/mol. The maximum absolute atomic E-state index is 12.7. The van der Waals surface area contributed by atoms with Crippen molar-refractivity contribution in [2.24, 2.45) is 10.9 Å². The zero-order valence-electron chi connectivity index (χ0n) is 18.5. The van der Waals surface area contributed by atoms with Gasteiger partial charge in [0.2, 0.25) is 5.91 Å². The van der Waals surface area contributed by atoms with Gasteiger partial charge in [0.05, 0.1) is 31.8 Å². The molecule has 1 saturated heterocycles. The van der Waals surface area contributed by atoms with Crippen molar-refractivity contribution in [1.82, 2.24) is 4.90 Å². The topological polar surface area (TPSA) is 51.1 Å². The molecule has 0 aromatic rings. The van der Waals surface area contributed by atoms with Crippen LogP contribution in [0.3, 0.4) is 0 Å². The third-order valence-corrected chi connectivity index (χ3v) is 5.11. The molecule has 0 radical (unpaired) electrons. The van der Waals surface area contributed by atoms with E-state index in [4.69, 9.17) is 9.47 Å². The second-order valence-corrected chi connectivity index (χ2v) is 7.67. The number of hydrogen-bond donors (Lipinski definition) is 0. The number of ether oxygens (including phenoxy) is 2. The maximum atomic E-state index is 12.7. The number of carbonyl (C=O) groups excluding carboxylic acids is 1. The summed E-state index contributed by atoms with van der Waals surface area (Å²) in [5.74, 6) is 0.368.